The van der Waals surface area contributed by atoms with Crippen molar-refractivity contribution in [2.75, 3.05) is 18.2 Å². The van der Waals surface area contributed by atoms with Crippen molar-refractivity contribution >= 4 is 40.9 Å². The number of hydrogen-bond donors (Lipinski definition) is 2. The smallest absolute Gasteiger partial charge is 0.340 e. The Balaban J connectivity index is 2.11. The summed E-state index contributed by atoms with van der Waals surface area (Å²) in [7, 11) is 1.35. The highest BCUT2D eigenvalue weighted by Gasteiger charge is 2.23. The molecule has 0 aromatic heterocycles. The Kier molecular flexibility index (Phi) is 7.76. The number of carbonyl (C=O) groups excluding carboxylic acids is 3. The van der Waals surface area contributed by atoms with Crippen molar-refractivity contribution in [2.24, 2.45) is 5.73 Å². The lowest BCUT2D eigenvalue weighted by Crippen LogP contribution is -2.30. The Morgan fingerprint density at radius 1 is 1.23 bits per heavy atom. The molecule has 2 aromatic carbocycles. The number of amides is 2. The van der Waals surface area contributed by atoms with Gasteiger partial charge in [-0.2, -0.15) is 0 Å². The zero-order valence-electron chi connectivity index (χ0n) is 16.1. The van der Waals surface area contributed by atoms with Gasteiger partial charge in [0, 0.05) is 17.0 Å². The minimum Gasteiger partial charge on any atom is -0.495 e. The summed E-state index contributed by atoms with van der Waals surface area (Å²) in [5.41, 5.74) is 5.14. The second-order valence-corrected chi connectivity index (χ2v) is 6.95. The number of rotatable bonds is 9. The molecule has 10 nitrogen and oxygen atoms in total. The number of hydrogen-bond acceptors (Lipinski definition) is 8. The molecule has 158 valence electrons. The molecule has 1 unspecified atom stereocenters. The van der Waals surface area contributed by atoms with Gasteiger partial charge in [0.15, 0.2) is 6.10 Å². The standard InChI is InChI=1S/C19H19N3O7S/c1-11(18(24)21-14-9-12(22(26)27)7-8-15(14)28-2)29-19(25)13-5-3-4-6-16(13)30-10-17(20)23/h3-9,11H,10H2,1-2H3,(H2,20,23)(H,21,24). The second-order valence-electron chi connectivity index (χ2n) is 5.93. The fourth-order valence-electron chi connectivity index (χ4n) is 2.33. The predicted octanol–water partition coefficient (Wildman–Crippen LogP) is 2.36. The third-order valence-corrected chi connectivity index (χ3v) is 4.88. The summed E-state index contributed by atoms with van der Waals surface area (Å²) in [6.07, 6.45) is -1.21. The Bertz CT molecular complexity index is 980. The first kappa shape index (κ1) is 22.7. The molecule has 0 fully saturated rings. The van der Waals surface area contributed by atoms with Crippen LogP contribution in [0.25, 0.3) is 0 Å². The molecule has 0 heterocycles. The van der Waals surface area contributed by atoms with E-state index in [1.54, 1.807) is 18.2 Å². The third kappa shape index (κ3) is 5.95. The number of carbonyl (C=O) groups is 3. The number of esters is 1. The molecule has 0 aliphatic heterocycles. The van der Waals surface area contributed by atoms with Gasteiger partial charge >= 0.3 is 5.97 Å². The van der Waals surface area contributed by atoms with Gasteiger partial charge < -0.3 is 20.5 Å². The molecule has 0 aliphatic carbocycles. The van der Waals surface area contributed by atoms with E-state index in [9.17, 15) is 24.5 Å². The lowest BCUT2D eigenvalue weighted by Gasteiger charge is -2.16. The first-order chi connectivity index (χ1) is 14.2. The van der Waals surface area contributed by atoms with Crippen LogP contribution in [0.5, 0.6) is 5.75 Å². The Labute approximate surface area is 175 Å². The molecule has 2 amide bonds. The van der Waals surface area contributed by atoms with Crippen LogP contribution in [0, 0.1) is 10.1 Å². The number of nitro groups is 1. The number of thioether (sulfide) groups is 1. The summed E-state index contributed by atoms with van der Waals surface area (Å²) in [5, 5.41) is 13.4. The summed E-state index contributed by atoms with van der Waals surface area (Å²) >= 11 is 1.07. The number of ether oxygens (including phenoxy) is 2. The Hall–Kier alpha value is -3.60. The molecular weight excluding hydrogens is 414 g/mol. The maximum atomic E-state index is 12.5. The van der Waals surface area contributed by atoms with E-state index in [1.165, 1.54) is 32.2 Å². The number of non-ortho nitro benzene ring substituents is 1. The zero-order valence-corrected chi connectivity index (χ0v) is 16.9. The molecule has 30 heavy (non-hydrogen) atoms. The van der Waals surface area contributed by atoms with E-state index in [1.807, 2.05) is 0 Å². The molecule has 3 N–H and O–H groups in total. The summed E-state index contributed by atoms with van der Waals surface area (Å²) in [6, 6.07) is 10.1. The summed E-state index contributed by atoms with van der Waals surface area (Å²) in [6.45, 7) is 1.36. The van der Waals surface area contributed by atoms with Crippen LogP contribution in [0.2, 0.25) is 0 Å². The van der Waals surface area contributed by atoms with Crippen LogP contribution in [0.4, 0.5) is 11.4 Å². The molecule has 1 atom stereocenters. The van der Waals surface area contributed by atoms with E-state index in [0.717, 1.165) is 17.8 Å². The number of nitrogens with zero attached hydrogens (tertiary/aromatic N) is 1. The molecule has 2 rings (SSSR count). The molecule has 0 bridgehead atoms. The third-order valence-electron chi connectivity index (χ3n) is 3.78. The van der Waals surface area contributed by atoms with Gasteiger partial charge in [-0.25, -0.2) is 4.79 Å². The maximum Gasteiger partial charge on any atom is 0.340 e. The largest absolute Gasteiger partial charge is 0.495 e. The number of anilines is 1. The van der Waals surface area contributed by atoms with Crippen molar-refractivity contribution < 1.29 is 28.8 Å². The number of nitro benzene ring substituents is 1. The van der Waals surface area contributed by atoms with E-state index in [0.29, 0.717) is 4.90 Å². The van der Waals surface area contributed by atoms with Crippen molar-refractivity contribution in [3.8, 4) is 5.75 Å². The Morgan fingerprint density at radius 2 is 1.93 bits per heavy atom. The molecule has 0 radical (unpaired) electrons. The predicted molar refractivity (Wildman–Crippen MR) is 110 cm³/mol. The van der Waals surface area contributed by atoms with Gasteiger partial charge in [0.1, 0.15) is 5.75 Å². The highest BCUT2D eigenvalue weighted by atomic mass is 32.2. The van der Waals surface area contributed by atoms with E-state index in [2.05, 4.69) is 5.32 Å². The van der Waals surface area contributed by atoms with E-state index >= 15 is 0 Å². The van der Waals surface area contributed by atoms with Crippen molar-refractivity contribution in [1.29, 1.82) is 0 Å². The molecule has 11 heteroatoms. The van der Waals surface area contributed by atoms with Gasteiger partial charge in [-0.05, 0) is 25.1 Å². The van der Waals surface area contributed by atoms with E-state index in [-0.39, 0.29) is 28.4 Å². The summed E-state index contributed by atoms with van der Waals surface area (Å²) in [5.74, 6) is -1.82. The van der Waals surface area contributed by atoms with Gasteiger partial charge in [-0.1, -0.05) is 12.1 Å². The Morgan fingerprint density at radius 3 is 2.57 bits per heavy atom. The van der Waals surface area contributed by atoms with Crippen LogP contribution in [0.15, 0.2) is 47.4 Å². The van der Waals surface area contributed by atoms with Crippen LogP contribution >= 0.6 is 11.8 Å². The summed E-state index contributed by atoms with van der Waals surface area (Å²) in [4.78, 5) is 46.8. The minimum absolute atomic E-state index is 0.0209. The number of methoxy groups -OCH3 is 1. The van der Waals surface area contributed by atoms with Gasteiger partial charge in [0.2, 0.25) is 5.91 Å². The lowest BCUT2D eigenvalue weighted by atomic mass is 10.2. The number of nitrogens with two attached hydrogens (primary N) is 1. The fourth-order valence-corrected chi connectivity index (χ4v) is 3.11. The zero-order chi connectivity index (χ0) is 22.3. The first-order valence-corrected chi connectivity index (χ1v) is 9.56. The first-order valence-electron chi connectivity index (χ1n) is 8.57. The van der Waals surface area contributed by atoms with Crippen LogP contribution in [-0.4, -0.2) is 41.7 Å². The highest BCUT2D eigenvalue weighted by Crippen LogP contribution is 2.29. The minimum atomic E-state index is -1.21. The van der Waals surface area contributed by atoms with E-state index < -0.39 is 28.8 Å². The normalized spacial score (nSPS) is 11.3. The molecule has 0 saturated carbocycles. The monoisotopic (exact) mass is 433 g/mol. The topological polar surface area (TPSA) is 151 Å². The molecule has 0 aliphatic rings. The fraction of sp³-hybridized carbons (Fsp3) is 0.211. The average Bonchev–Trinajstić information content (AvgIpc) is 2.72. The number of nitrogens with one attached hydrogen (secondary N) is 1. The van der Waals surface area contributed by atoms with Crippen LogP contribution in [-0.2, 0) is 14.3 Å². The van der Waals surface area contributed by atoms with Crippen LogP contribution in [0.3, 0.4) is 0 Å². The lowest BCUT2D eigenvalue weighted by molar-refractivity contribution is -0.384. The van der Waals surface area contributed by atoms with Crippen molar-refractivity contribution in [1.82, 2.24) is 0 Å². The molecule has 0 spiro atoms. The molecular formula is C19H19N3O7S. The van der Waals surface area contributed by atoms with Crippen molar-refractivity contribution in [3.05, 3.63) is 58.1 Å². The van der Waals surface area contributed by atoms with Gasteiger partial charge in [-0.15, -0.1) is 11.8 Å². The van der Waals surface area contributed by atoms with Crippen molar-refractivity contribution in [3.63, 3.8) is 0 Å². The quantitative estimate of drug-likeness (QED) is 0.265. The maximum absolute atomic E-state index is 12.5. The second kappa shape index (κ2) is 10.3. The van der Waals surface area contributed by atoms with Crippen molar-refractivity contribution in [2.45, 2.75) is 17.9 Å². The van der Waals surface area contributed by atoms with Gasteiger partial charge in [0.25, 0.3) is 11.6 Å². The average molecular weight is 433 g/mol. The van der Waals surface area contributed by atoms with Gasteiger partial charge in [-0.3, -0.25) is 19.7 Å². The summed E-state index contributed by atoms with van der Waals surface area (Å²) < 4.78 is 10.3. The number of benzene rings is 2. The molecule has 0 saturated heterocycles. The van der Waals surface area contributed by atoms with Gasteiger partial charge in [0.05, 0.1) is 29.0 Å². The van der Waals surface area contributed by atoms with Crippen LogP contribution in [0.1, 0.15) is 17.3 Å². The SMILES string of the molecule is COc1ccc([N+](=O)[O-])cc1NC(=O)C(C)OC(=O)c1ccccc1SCC(N)=O. The van der Waals surface area contributed by atoms with E-state index in [4.69, 9.17) is 15.2 Å². The van der Waals surface area contributed by atoms with Crippen LogP contribution < -0.4 is 15.8 Å². The number of primary amides is 1. The molecule has 2 aromatic rings. The highest BCUT2D eigenvalue weighted by molar-refractivity contribution is 8.00.